The third-order valence-corrected chi connectivity index (χ3v) is 7.31. The van der Waals surface area contributed by atoms with E-state index in [1.807, 2.05) is 24.8 Å². The maximum absolute atomic E-state index is 12.6. The van der Waals surface area contributed by atoms with Crippen LogP contribution in [-0.4, -0.2) is 67.9 Å². The first-order valence-corrected chi connectivity index (χ1v) is 10.3. The van der Waals surface area contributed by atoms with Gasteiger partial charge in [0.15, 0.2) is 9.84 Å². The Morgan fingerprint density at radius 2 is 1.91 bits per heavy atom. The van der Waals surface area contributed by atoms with E-state index in [0.29, 0.717) is 18.8 Å². The average molecular weight is 342 g/mol. The summed E-state index contributed by atoms with van der Waals surface area (Å²) in [5, 5.41) is 0. The van der Waals surface area contributed by atoms with Gasteiger partial charge in [0, 0.05) is 42.0 Å². The molecule has 0 aromatic carbocycles. The number of hydrogen-bond acceptors (Lipinski definition) is 5. The molecule has 2 fully saturated rings. The zero-order chi connectivity index (χ0) is 15.9. The van der Waals surface area contributed by atoms with Crippen LogP contribution in [0.2, 0.25) is 0 Å². The minimum absolute atomic E-state index is 0.112. The molecule has 2 aliphatic heterocycles. The Morgan fingerprint density at radius 1 is 1.23 bits per heavy atom. The van der Waals surface area contributed by atoms with Crippen molar-refractivity contribution in [2.75, 3.05) is 37.7 Å². The van der Waals surface area contributed by atoms with Crippen LogP contribution in [0.4, 0.5) is 0 Å². The van der Waals surface area contributed by atoms with Crippen LogP contribution in [0.1, 0.15) is 26.5 Å². The molecule has 22 heavy (non-hydrogen) atoms. The summed E-state index contributed by atoms with van der Waals surface area (Å²) in [7, 11) is -2.84. The maximum Gasteiger partial charge on any atom is 0.255 e. The molecular formula is C15H22N2O3S2. The van der Waals surface area contributed by atoms with Gasteiger partial charge in [0.1, 0.15) is 0 Å². The molecule has 0 aliphatic carbocycles. The summed E-state index contributed by atoms with van der Waals surface area (Å²) in [5.41, 5.74) is 0.819. The number of sulfone groups is 1. The van der Waals surface area contributed by atoms with Gasteiger partial charge in [-0.2, -0.15) is 0 Å². The van der Waals surface area contributed by atoms with E-state index in [1.165, 1.54) is 0 Å². The fourth-order valence-corrected chi connectivity index (χ4v) is 6.04. The zero-order valence-electron chi connectivity index (χ0n) is 13.0. The van der Waals surface area contributed by atoms with Gasteiger partial charge in [0.05, 0.1) is 17.1 Å². The first-order valence-electron chi connectivity index (χ1n) is 7.66. The molecule has 3 rings (SSSR count). The second-order valence-electron chi connectivity index (χ2n) is 6.21. The Kier molecular flexibility index (Phi) is 4.31. The van der Waals surface area contributed by atoms with E-state index in [0.717, 1.165) is 34.8 Å². The van der Waals surface area contributed by atoms with Crippen molar-refractivity contribution in [1.82, 2.24) is 9.80 Å². The molecule has 0 saturated carbocycles. The summed E-state index contributed by atoms with van der Waals surface area (Å²) in [6.07, 6.45) is 0.735. The Hall–Kier alpha value is -0.920. The third kappa shape index (κ3) is 3.21. The number of hydrogen-bond donors (Lipinski definition) is 0. The molecule has 2 saturated heterocycles. The van der Waals surface area contributed by atoms with Crippen LogP contribution in [0, 0.1) is 13.8 Å². The highest BCUT2D eigenvalue weighted by Gasteiger charge is 2.34. The minimum Gasteiger partial charge on any atom is -0.336 e. The summed E-state index contributed by atoms with van der Waals surface area (Å²) < 4.78 is 23.2. The van der Waals surface area contributed by atoms with Crippen molar-refractivity contribution < 1.29 is 13.2 Å². The highest BCUT2D eigenvalue weighted by atomic mass is 32.2. The molecule has 5 nitrogen and oxygen atoms in total. The monoisotopic (exact) mass is 342 g/mol. The molecule has 3 heterocycles. The average Bonchev–Trinajstić information content (AvgIpc) is 3.00. The Bertz CT molecular complexity index is 673. The van der Waals surface area contributed by atoms with Crippen LogP contribution in [0.5, 0.6) is 0 Å². The van der Waals surface area contributed by atoms with E-state index in [-0.39, 0.29) is 17.7 Å². The molecule has 0 spiro atoms. The number of nitrogens with zero attached hydrogens (tertiary/aromatic N) is 2. The lowest BCUT2D eigenvalue weighted by molar-refractivity contribution is 0.0587. The highest BCUT2D eigenvalue weighted by Crippen LogP contribution is 2.24. The van der Waals surface area contributed by atoms with Gasteiger partial charge in [-0.1, -0.05) is 0 Å². The van der Waals surface area contributed by atoms with E-state index >= 15 is 0 Å². The molecule has 7 heteroatoms. The van der Waals surface area contributed by atoms with E-state index in [1.54, 1.807) is 11.3 Å². The van der Waals surface area contributed by atoms with Gasteiger partial charge >= 0.3 is 0 Å². The molecule has 1 amide bonds. The number of rotatable bonds is 2. The fourth-order valence-electron chi connectivity index (χ4n) is 3.37. The summed E-state index contributed by atoms with van der Waals surface area (Å²) in [5.74, 6) is 0.703. The van der Waals surface area contributed by atoms with Crippen LogP contribution in [0.25, 0.3) is 0 Å². The summed E-state index contributed by atoms with van der Waals surface area (Å²) in [4.78, 5) is 19.0. The van der Waals surface area contributed by atoms with Crippen LogP contribution >= 0.6 is 11.3 Å². The first-order chi connectivity index (χ1) is 10.4. The van der Waals surface area contributed by atoms with Crippen molar-refractivity contribution in [3.05, 3.63) is 21.4 Å². The quantitative estimate of drug-likeness (QED) is 0.813. The largest absolute Gasteiger partial charge is 0.336 e. The van der Waals surface area contributed by atoms with Gasteiger partial charge < -0.3 is 4.90 Å². The van der Waals surface area contributed by atoms with Gasteiger partial charge in [0.2, 0.25) is 0 Å². The molecule has 1 aromatic rings. The Morgan fingerprint density at radius 3 is 2.41 bits per heavy atom. The summed E-state index contributed by atoms with van der Waals surface area (Å²) >= 11 is 1.66. The zero-order valence-corrected chi connectivity index (χ0v) is 14.7. The normalized spacial score (nSPS) is 25.5. The molecule has 0 bridgehead atoms. The van der Waals surface area contributed by atoms with Gasteiger partial charge in [-0.05, 0) is 26.3 Å². The van der Waals surface area contributed by atoms with E-state index in [9.17, 15) is 13.2 Å². The van der Waals surface area contributed by atoms with Crippen molar-refractivity contribution >= 4 is 27.1 Å². The molecule has 0 N–H and O–H groups in total. The van der Waals surface area contributed by atoms with Crippen molar-refractivity contribution in [1.29, 1.82) is 0 Å². The fraction of sp³-hybridized carbons (Fsp3) is 0.667. The lowest BCUT2D eigenvalue weighted by atomic mass is 10.1. The number of aryl methyl sites for hydroxylation is 2. The van der Waals surface area contributed by atoms with Crippen molar-refractivity contribution in [3.63, 3.8) is 0 Å². The van der Waals surface area contributed by atoms with Crippen molar-refractivity contribution in [2.45, 2.75) is 26.3 Å². The second kappa shape index (κ2) is 5.94. The van der Waals surface area contributed by atoms with E-state index in [4.69, 9.17) is 0 Å². The van der Waals surface area contributed by atoms with Gasteiger partial charge in [-0.25, -0.2) is 8.42 Å². The number of carbonyl (C=O) groups excluding carboxylic acids is 1. The number of amides is 1. The Labute approximate surface area is 135 Å². The molecular weight excluding hydrogens is 320 g/mol. The second-order valence-corrected chi connectivity index (χ2v) is 9.90. The highest BCUT2D eigenvalue weighted by molar-refractivity contribution is 7.91. The molecule has 2 aliphatic rings. The number of piperazine rings is 1. The lowest BCUT2D eigenvalue weighted by Crippen LogP contribution is -2.52. The topological polar surface area (TPSA) is 57.7 Å². The predicted molar refractivity (Wildman–Crippen MR) is 88.3 cm³/mol. The van der Waals surface area contributed by atoms with E-state index < -0.39 is 9.84 Å². The molecule has 1 atom stereocenters. The molecule has 0 radical (unpaired) electrons. The summed E-state index contributed by atoms with van der Waals surface area (Å²) in [6.45, 7) is 6.92. The van der Waals surface area contributed by atoms with Crippen LogP contribution < -0.4 is 0 Å². The summed E-state index contributed by atoms with van der Waals surface area (Å²) in [6, 6.07) is 2.12. The predicted octanol–water partition coefficient (Wildman–Crippen LogP) is 1.31. The number of carbonyl (C=O) groups is 1. The van der Waals surface area contributed by atoms with Crippen molar-refractivity contribution in [3.8, 4) is 0 Å². The molecule has 122 valence electrons. The van der Waals surface area contributed by atoms with Gasteiger partial charge in [0.25, 0.3) is 5.91 Å². The third-order valence-electron chi connectivity index (χ3n) is 4.60. The van der Waals surface area contributed by atoms with Gasteiger partial charge in [-0.3, -0.25) is 9.69 Å². The van der Waals surface area contributed by atoms with Crippen LogP contribution in [0.15, 0.2) is 6.07 Å². The number of thiophene rings is 1. The van der Waals surface area contributed by atoms with Gasteiger partial charge in [-0.15, -0.1) is 11.3 Å². The van der Waals surface area contributed by atoms with Crippen LogP contribution in [-0.2, 0) is 9.84 Å². The smallest absolute Gasteiger partial charge is 0.255 e. The SMILES string of the molecule is Cc1cc(C(=O)N2CCN([C@H]3CCS(=O)(=O)C3)CC2)c(C)s1. The first kappa shape index (κ1) is 16.0. The molecule has 0 unspecified atom stereocenters. The van der Waals surface area contributed by atoms with Crippen molar-refractivity contribution in [2.24, 2.45) is 0 Å². The van der Waals surface area contributed by atoms with Crippen LogP contribution in [0.3, 0.4) is 0 Å². The standard InChI is InChI=1S/C15H22N2O3S2/c1-11-9-14(12(2)21-11)15(18)17-6-4-16(5-7-17)13-3-8-22(19,20)10-13/h9,13H,3-8,10H2,1-2H3/t13-/m0/s1. The lowest BCUT2D eigenvalue weighted by Gasteiger charge is -2.37. The van der Waals surface area contributed by atoms with E-state index in [2.05, 4.69) is 4.90 Å². The Balaban J connectivity index is 1.60. The minimum atomic E-state index is -2.84. The molecule has 1 aromatic heterocycles. The maximum atomic E-state index is 12.6.